The lowest BCUT2D eigenvalue weighted by atomic mass is 10.2. The van der Waals surface area contributed by atoms with Crippen molar-refractivity contribution in [1.82, 2.24) is 19.9 Å². The minimum Gasteiger partial charge on any atom is -0.361 e. The van der Waals surface area contributed by atoms with Gasteiger partial charge in [-0.2, -0.15) is 0 Å². The van der Waals surface area contributed by atoms with Gasteiger partial charge in [0.25, 0.3) is 5.56 Å². The van der Waals surface area contributed by atoms with Crippen LogP contribution in [0.4, 0.5) is 21.7 Å². The van der Waals surface area contributed by atoms with E-state index in [1.807, 2.05) is 6.92 Å². The average Bonchev–Trinajstić information content (AvgIpc) is 2.58. The van der Waals surface area contributed by atoms with E-state index in [9.17, 15) is 9.18 Å². The maximum absolute atomic E-state index is 12.9. The summed E-state index contributed by atoms with van der Waals surface area (Å²) in [4.78, 5) is 26.7. The first-order valence-electron chi connectivity index (χ1n) is 7.26. The van der Waals surface area contributed by atoms with Gasteiger partial charge >= 0.3 is 0 Å². The molecule has 0 aromatic carbocycles. The third-order valence-corrected chi connectivity index (χ3v) is 3.27. The van der Waals surface area contributed by atoms with Crippen LogP contribution in [-0.2, 0) is 0 Å². The minimum atomic E-state index is -0.384. The first-order chi connectivity index (χ1) is 11.6. The van der Waals surface area contributed by atoms with E-state index < -0.39 is 0 Å². The number of pyridine rings is 2. The smallest absolute Gasteiger partial charge is 0.271 e. The van der Waals surface area contributed by atoms with Crippen LogP contribution in [0.5, 0.6) is 0 Å². The predicted octanol–water partition coefficient (Wildman–Crippen LogP) is 2.62. The third-order valence-electron chi connectivity index (χ3n) is 3.27. The number of aromatic amines is 1. The molecule has 1 atom stereocenters. The van der Waals surface area contributed by atoms with Crippen LogP contribution in [0.3, 0.4) is 0 Å². The summed E-state index contributed by atoms with van der Waals surface area (Å²) in [7, 11) is 0. The molecule has 3 aromatic heterocycles. The molecule has 0 bridgehead atoms. The summed E-state index contributed by atoms with van der Waals surface area (Å²) in [5.41, 5.74) is 0.801. The van der Waals surface area contributed by atoms with Gasteiger partial charge < -0.3 is 15.6 Å². The minimum absolute atomic E-state index is 0.185. The molecule has 1 unspecified atom stereocenters. The fraction of sp³-hybridized carbons (Fsp3) is 0.125. The third kappa shape index (κ3) is 3.72. The Kier molecular flexibility index (Phi) is 4.46. The van der Waals surface area contributed by atoms with E-state index in [2.05, 4.69) is 30.6 Å². The zero-order valence-corrected chi connectivity index (χ0v) is 12.8. The van der Waals surface area contributed by atoms with Gasteiger partial charge in [0.2, 0.25) is 0 Å². The summed E-state index contributed by atoms with van der Waals surface area (Å²) in [5, 5.41) is 6.04. The van der Waals surface area contributed by atoms with Crippen molar-refractivity contribution < 1.29 is 4.39 Å². The van der Waals surface area contributed by atoms with Crippen LogP contribution in [0, 0.1) is 5.82 Å². The monoisotopic (exact) mass is 326 g/mol. The maximum Gasteiger partial charge on any atom is 0.271 e. The highest BCUT2D eigenvalue weighted by molar-refractivity contribution is 5.55. The van der Waals surface area contributed by atoms with E-state index in [4.69, 9.17) is 0 Å². The quantitative estimate of drug-likeness (QED) is 0.667. The Balaban J connectivity index is 1.74. The molecule has 3 rings (SSSR count). The highest BCUT2D eigenvalue weighted by Gasteiger charge is 2.09. The summed E-state index contributed by atoms with van der Waals surface area (Å²) in [6.45, 7) is 1.88. The Morgan fingerprint density at radius 2 is 2.00 bits per heavy atom. The van der Waals surface area contributed by atoms with Gasteiger partial charge in [0.15, 0.2) is 5.82 Å². The van der Waals surface area contributed by atoms with Crippen molar-refractivity contribution in [3.8, 4) is 0 Å². The van der Waals surface area contributed by atoms with E-state index in [1.165, 1.54) is 18.5 Å². The van der Waals surface area contributed by atoms with Crippen molar-refractivity contribution in [2.45, 2.75) is 13.0 Å². The molecule has 7 nitrogen and oxygen atoms in total. The van der Waals surface area contributed by atoms with Crippen LogP contribution < -0.4 is 16.2 Å². The van der Waals surface area contributed by atoms with Gasteiger partial charge in [-0.25, -0.2) is 9.37 Å². The second-order valence-electron chi connectivity index (χ2n) is 5.09. The molecule has 0 aliphatic carbocycles. The fourth-order valence-corrected chi connectivity index (χ4v) is 2.09. The molecule has 0 aliphatic rings. The van der Waals surface area contributed by atoms with Crippen LogP contribution in [0.1, 0.15) is 18.7 Å². The number of aromatic nitrogens is 4. The summed E-state index contributed by atoms with van der Waals surface area (Å²) in [6, 6.07) is 6.13. The molecule has 3 aromatic rings. The zero-order chi connectivity index (χ0) is 16.9. The Labute approximate surface area is 137 Å². The van der Waals surface area contributed by atoms with Gasteiger partial charge in [0, 0.05) is 6.20 Å². The summed E-state index contributed by atoms with van der Waals surface area (Å²) in [6.07, 6.45) is 5.78. The van der Waals surface area contributed by atoms with Crippen LogP contribution in [0.25, 0.3) is 0 Å². The molecule has 0 spiro atoms. The van der Waals surface area contributed by atoms with Gasteiger partial charge in [-0.15, -0.1) is 0 Å². The Morgan fingerprint density at radius 1 is 1.17 bits per heavy atom. The van der Waals surface area contributed by atoms with Gasteiger partial charge in [-0.05, 0) is 31.2 Å². The number of nitrogens with zero attached hydrogens (tertiary/aromatic N) is 3. The second kappa shape index (κ2) is 6.86. The maximum atomic E-state index is 12.9. The van der Waals surface area contributed by atoms with Crippen molar-refractivity contribution in [1.29, 1.82) is 0 Å². The fourth-order valence-electron chi connectivity index (χ4n) is 2.09. The van der Waals surface area contributed by atoms with E-state index in [0.29, 0.717) is 23.0 Å². The summed E-state index contributed by atoms with van der Waals surface area (Å²) >= 11 is 0. The number of hydrogen-bond acceptors (Lipinski definition) is 6. The molecule has 0 amide bonds. The largest absolute Gasteiger partial charge is 0.361 e. The van der Waals surface area contributed by atoms with Gasteiger partial charge in [0.1, 0.15) is 17.3 Å². The van der Waals surface area contributed by atoms with E-state index >= 15 is 0 Å². The highest BCUT2D eigenvalue weighted by Crippen LogP contribution is 2.17. The zero-order valence-electron chi connectivity index (χ0n) is 12.8. The molecule has 122 valence electrons. The van der Waals surface area contributed by atoms with Crippen LogP contribution >= 0.6 is 0 Å². The van der Waals surface area contributed by atoms with Crippen LogP contribution in [0.2, 0.25) is 0 Å². The molecular weight excluding hydrogens is 311 g/mol. The molecular formula is C16H15FN6O. The number of anilines is 3. The second-order valence-corrected chi connectivity index (χ2v) is 5.09. The van der Waals surface area contributed by atoms with Crippen molar-refractivity contribution >= 4 is 17.3 Å². The SMILES string of the molecule is CC(Nc1cncc(Nc2ccc[nH]c2=O)n1)c1ccc(F)cn1. The van der Waals surface area contributed by atoms with Crippen LogP contribution in [0.15, 0.2) is 53.8 Å². The molecule has 0 radical (unpaired) electrons. The lowest BCUT2D eigenvalue weighted by Crippen LogP contribution is -2.13. The Bertz CT molecular complexity index is 880. The highest BCUT2D eigenvalue weighted by atomic mass is 19.1. The molecule has 0 saturated carbocycles. The first kappa shape index (κ1) is 15.6. The number of H-pyrrole nitrogens is 1. The number of hydrogen-bond donors (Lipinski definition) is 3. The van der Waals surface area contributed by atoms with Crippen LogP contribution in [-0.4, -0.2) is 19.9 Å². The molecule has 3 heterocycles. The van der Waals surface area contributed by atoms with Gasteiger partial charge in [-0.3, -0.25) is 14.8 Å². The Hall–Kier alpha value is -3.29. The standard InChI is InChI=1S/C16H15FN6O/c1-10(12-5-4-11(17)7-20-12)21-14-8-18-9-15(23-14)22-13-3-2-6-19-16(13)24/h2-10H,1H3,(H,19,24)(H2,21,22,23). The topological polar surface area (TPSA) is 95.6 Å². The molecule has 24 heavy (non-hydrogen) atoms. The predicted molar refractivity (Wildman–Crippen MR) is 88.6 cm³/mol. The van der Waals surface area contributed by atoms with Crippen molar-refractivity contribution in [3.05, 3.63) is 70.9 Å². The number of nitrogens with one attached hydrogen (secondary N) is 3. The number of halogens is 1. The van der Waals surface area contributed by atoms with Gasteiger partial charge in [0.05, 0.1) is 30.3 Å². The normalized spacial score (nSPS) is 11.8. The molecule has 8 heteroatoms. The molecule has 3 N–H and O–H groups in total. The van der Waals surface area contributed by atoms with Crippen molar-refractivity contribution in [3.63, 3.8) is 0 Å². The van der Waals surface area contributed by atoms with E-state index in [0.717, 1.165) is 0 Å². The summed E-state index contributed by atoms with van der Waals surface area (Å²) in [5.74, 6) is 0.548. The van der Waals surface area contributed by atoms with E-state index in [-0.39, 0.29) is 17.4 Å². The van der Waals surface area contributed by atoms with Crippen molar-refractivity contribution in [2.75, 3.05) is 10.6 Å². The Morgan fingerprint density at radius 3 is 2.75 bits per heavy atom. The molecule has 0 saturated heterocycles. The van der Waals surface area contributed by atoms with Gasteiger partial charge in [-0.1, -0.05) is 0 Å². The van der Waals surface area contributed by atoms with Crippen molar-refractivity contribution in [2.24, 2.45) is 0 Å². The first-order valence-corrected chi connectivity index (χ1v) is 7.26. The lowest BCUT2D eigenvalue weighted by Gasteiger charge is -2.14. The van der Waals surface area contributed by atoms with E-state index in [1.54, 1.807) is 30.6 Å². The summed E-state index contributed by atoms with van der Waals surface area (Å²) < 4.78 is 12.9. The number of rotatable bonds is 5. The molecule has 0 fully saturated rings. The average molecular weight is 326 g/mol. The molecule has 0 aliphatic heterocycles. The lowest BCUT2D eigenvalue weighted by molar-refractivity contribution is 0.617.